The molecule has 0 radical (unpaired) electrons. The average molecular weight is 280 g/mol. The molecule has 1 aromatic heterocycles. The lowest BCUT2D eigenvalue weighted by Gasteiger charge is -2.26. The van der Waals surface area contributed by atoms with Gasteiger partial charge in [0.15, 0.2) is 5.82 Å². The molecule has 1 aliphatic rings. The molecule has 1 aliphatic carbocycles. The number of nitrogens with zero attached hydrogens (tertiary/aromatic N) is 4. The Labute approximate surface area is 119 Å². The smallest absolute Gasteiger partial charge is 0.311 e. The van der Waals surface area contributed by atoms with Crippen molar-refractivity contribution in [3.8, 4) is 0 Å². The minimum absolute atomic E-state index is 0.365. The van der Waals surface area contributed by atoms with E-state index in [1.165, 1.54) is 25.7 Å². The molecule has 20 heavy (non-hydrogen) atoms. The van der Waals surface area contributed by atoms with Gasteiger partial charge in [-0.25, -0.2) is 4.68 Å². The van der Waals surface area contributed by atoms with Crippen molar-refractivity contribution in [2.75, 3.05) is 0 Å². The standard InChI is InChI=1S/C14H24N4O2/c1-3-14(4-2,13(19)20)10-18-12(15-16-17-18)9-11-7-5-6-8-11/h11H,3-10H2,1-2H3,(H,19,20). The van der Waals surface area contributed by atoms with E-state index in [2.05, 4.69) is 15.5 Å². The third-order valence-corrected chi connectivity index (χ3v) is 4.81. The molecule has 0 spiro atoms. The van der Waals surface area contributed by atoms with Gasteiger partial charge in [0.2, 0.25) is 0 Å². The maximum Gasteiger partial charge on any atom is 0.311 e. The van der Waals surface area contributed by atoms with E-state index >= 15 is 0 Å². The number of rotatable bonds is 7. The zero-order valence-electron chi connectivity index (χ0n) is 12.4. The Bertz CT molecular complexity index is 448. The van der Waals surface area contributed by atoms with Gasteiger partial charge in [-0.05, 0) is 29.2 Å². The molecule has 0 atom stereocenters. The van der Waals surface area contributed by atoms with Gasteiger partial charge in [-0.3, -0.25) is 4.79 Å². The summed E-state index contributed by atoms with van der Waals surface area (Å²) in [5.41, 5.74) is -0.764. The molecule has 1 N–H and O–H groups in total. The summed E-state index contributed by atoms with van der Waals surface area (Å²) in [5, 5.41) is 21.4. The van der Waals surface area contributed by atoms with E-state index < -0.39 is 11.4 Å². The number of carboxylic acids is 1. The van der Waals surface area contributed by atoms with E-state index in [9.17, 15) is 9.90 Å². The number of aromatic nitrogens is 4. The van der Waals surface area contributed by atoms with Gasteiger partial charge in [0.05, 0.1) is 12.0 Å². The summed E-state index contributed by atoms with van der Waals surface area (Å²) >= 11 is 0. The first-order valence-corrected chi connectivity index (χ1v) is 7.59. The quantitative estimate of drug-likeness (QED) is 0.828. The van der Waals surface area contributed by atoms with E-state index in [0.717, 1.165) is 12.2 Å². The van der Waals surface area contributed by atoms with Crippen LogP contribution in [0.25, 0.3) is 0 Å². The first-order valence-electron chi connectivity index (χ1n) is 7.59. The van der Waals surface area contributed by atoms with E-state index in [-0.39, 0.29) is 0 Å². The Balaban J connectivity index is 2.12. The summed E-state index contributed by atoms with van der Waals surface area (Å²) in [4.78, 5) is 11.6. The summed E-state index contributed by atoms with van der Waals surface area (Å²) in [6.07, 6.45) is 7.08. The van der Waals surface area contributed by atoms with E-state index in [1.54, 1.807) is 4.68 Å². The topological polar surface area (TPSA) is 80.9 Å². The van der Waals surface area contributed by atoms with E-state index in [1.807, 2.05) is 13.8 Å². The highest BCUT2D eigenvalue weighted by Crippen LogP contribution is 2.31. The normalized spacial score (nSPS) is 16.7. The lowest BCUT2D eigenvalue weighted by Crippen LogP contribution is -2.35. The molecule has 1 fully saturated rings. The van der Waals surface area contributed by atoms with Gasteiger partial charge in [0.25, 0.3) is 0 Å². The molecule has 0 aromatic carbocycles. The molecule has 1 aromatic rings. The Morgan fingerprint density at radius 3 is 2.55 bits per heavy atom. The highest BCUT2D eigenvalue weighted by atomic mass is 16.4. The molecule has 1 heterocycles. The second-order valence-electron chi connectivity index (χ2n) is 5.90. The van der Waals surface area contributed by atoms with Crippen molar-refractivity contribution in [1.82, 2.24) is 20.2 Å². The molecule has 0 bridgehead atoms. The SMILES string of the molecule is CCC(CC)(Cn1nnnc1CC1CCCC1)C(=O)O. The summed E-state index contributed by atoms with van der Waals surface area (Å²) in [6.45, 7) is 4.20. The molecule has 0 amide bonds. The van der Waals surface area contributed by atoms with Crippen molar-refractivity contribution in [1.29, 1.82) is 0 Å². The molecule has 6 heteroatoms. The zero-order valence-corrected chi connectivity index (χ0v) is 12.4. The van der Waals surface area contributed by atoms with Gasteiger partial charge >= 0.3 is 5.97 Å². The van der Waals surface area contributed by atoms with Gasteiger partial charge < -0.3 is 5.11 Å². The molecule has 6 nitrogen and oxygen atoms in total. The number of hydrogen-bond donors (Lipinski definition) is 1. The van der Waals surface area contributed by atoms with E-state index in [0.29, 0.717) is 25.3 Å². The van der Waals surface area contributed by atoms with Crippen LogP contribution in [0.15, 0.2) is 0 Å². The Morgan fingerprint density at radius 1 is 1.35 bits per heavy atom. The highest BCUT2D eigenvalue weighted by molar-refractivity contribution is 5.74. The van der Waals surface area contributed by atoms with Crippen molar-refractivity contribution in [3.63, 3.8) is 0 Å². The lowest BCUT2D eigenvalue weighted by atomic mass is 9.82. The molecule has 2 rings (SSSR count). The maximum absolute atomic E-state index is 11.6. The number of tetrazole rings is 1. The first kappa shape index (κ1) is 14.9. The predicted octanol–water partition coefficient (Wildman–Crippen LogP) is 2.30. The lowest BCUT2D eigenvalue weighted by molar-refractivity contribution is -0.150. The third-order valence-electron chi connectivity index (χ3n) is 4.81. The van der Waals surface area contributed by atoms with Gasteiger partial charge in [-0.15, -0.1) is 5.10 Å². The highest BCUT2D eigenvalue weighted by Gasteiger charge is 2.36. The van der Waals surface area contributed by atoms with Crippen molar-refractivity contribution in [3.05, 3.63) is 5.82 Å². The maximum atomic E-state index is 11.6. The molecular weight excluding hydrogens is 256 g/mol. The molecule has 1 saturated carbocycles. The van der Waals surface area contributed by atoms with Crippen LogP contribution < -0.4 is 0 Å². The molecule has 0 unspecified atom stereocenters. The van der Waals surface area contributed by atoms with Crippen molar-refractivity contribution < 1.29 is 9.90 Å². The molecular formula is C14H24N4O2. The van der Waals surface area contributed by atoms with Crippen LogP contribution in [-0.2, 0) is 17.8 Å². The number of carbonyl (C=O) groups is 1. The molecule has 0 aliphatic heterocycles. The van der Waals surface area contributed by atoms with Crippen LogP contribution >= 0.6 is 0 Å². The van der Waals surface area contributed by atoms with E-state index in [4.69, 9.17) is 0 Å². The molecule has 0 saturated heterocycles. The number of aliphatic carboxylic acids is 1. The molecule has 112 valence electrons. The summed E-state index contributed by atoms with van der Waals surface area (Å²) in [6, 6.07) is 0. The number of hydrogen-bond acceptors (Lipinski definition) is 4. The van der Waals surface area contributed by atoms with Crippen LogP contribution in [0.4, 0.5) is 0 Å². The van der Waals surface area contributed by atoms with Gasteiger partial charge in [-0.1, -0.05) is 39.5 Å². The minimum atomic E-state index is -0.764. The van der Waals surface area contributed by atoms with Crippen LogP contribution in [0.5, 0.6) is 0 Å². The first-order chi connectivity index (χ1) is 9.61. The van der Waals surface area contributed by atoms with Gasteiger partial charge in [-0.2, -0.15) is 0 Å². The van der Waals surface area contributed by atoms with Gasteiger partial charge in [0.1, 0.15) is 0 Å². The monoisotopic (exact) mass is 280 g/mol. The number of carboxylic acid groups (broad SMARTS) is 1. The Kier molecular flexibility index (Phi) is 4.73. The summed E-state index contributed by atoms with van der Waals surface area (Å²) in [7, 11) is 0. The fourth-order valence-electron chi connectivity index (χ4n) is 3.10. The van der Waals surface area contributed by atoms with Gasteiger partial charge in [0, 0.05) is 6.42 Å². The largest absolute Gasteiger partial charge is 0.481 e. The average Bonchev–Trinajstić information content (AvgIpc) is 3.08. The Hall–Kier alpha value is -1.46. The summed E-state index contributed by atoms with van der Waals surface area (Å²) in [5.74, 6) is 0.733. The second-order valence-corrected chi connectivity index (χ2v) is 5.90. The third kappa shape index (κ3) is 2.99. The van der Waals surface area contributed by atoms with Crippen LogP contribution in [0.2, 0.25) is 0 Å². The zero-order chi connectivity index (χ0) is 14.6. The minimum Gasteiger partial charge on any atom is -0.481 e. The van der Waals surface area contributed by atoms with Crippen molar-refractivity contribution in [2.24, 2.45) is 11.3 Å². The summed E-state index contributed by atoms with van der Waals surface area (Å²) < 4.78 is 1.71. The predicted molar refractivity (Wildman–Crippen MR) is 74.1 cm³/mol. The fraction of sp³-hybridized carbons (Fsp3) is 0.857. The van der Waals surface area contributed by atoms with Crippen molar-refractivity contribution in [2.45, 2.75) is 65.3 Å². The van der Waals surface area contributed by atoms with Crippen LogP contribution in [0, 0.1) is 11.3 Å². The van der Waals surface area contributed by atoms with Crippen LogP contribution in [0.3, 0.4) is 0 Å². The van der Waals surface area contributed by atoms with Crippen LogP contribution in [-0.4, -0.2) is 31.3 Å². The van der Waals surface area contributed by atoms with Crippen molar-refractivity contribution >= 4 is 5.97 Å². The van der Waals surface area contributed by atoms with Crippen LogP contribution in [0.1, 0.15) is 58.2 Å². The fourth-order valence-corrected chi connectivity index (χ4v) is 3.10. The Morgan fingerprint density at radius 2 is 2.00 bits per heavy atom. The second kappa shape index (κ2) is 6.33.